The van der Waals surface area contributed by atoms with Gasteiger partial charge in [-0.25, -0.2) is 9.38 Å². The van der Waals surface area contributed by atoms with Crippen molar-refractivity contribution in [1.29, 1.82) is 0 Å². The number of H-pyrrole nitrogens is 1. The van der Waals surface area contributed by atoms with Crippen LogP contribution in [0.25, 0.3) is 0 Å². The SMILES string of the molecule is CC(Nc1ccc(F)c([C@@]2(C)N=C(N)N(C)C(=O)C2(C)C)c1)c1ccn[nH]1. The van der Waals surface area contributed by atoms with Crippen molar-refractivity contribution in [2.24, 2.45) is 16.1 Å². The first kappa shape index (κ1) is 18.9. The average Bonchev–Trinajstić information content (AvgIpc) is 3.15. The van der Waals surface area contributed by atoms with Crippen molar-refractivity contribution in [2.75, 3.05) is 12.4 Å². The molecule has 7 nitrogen and oxygen atoms in total. The van der Waals surface area contributed by atoms with Gasteiger partial charge in [0.2, 0.25) is 5.91 Å². The van der Waals surface area contributed by atoms with Crippen LogP contribution in [0, 0.1) is 11.2 Å². The molecule has 1 aromatic heterocycles. The van der Waals surface area contributed by atoms with E-state index in [0.29, 0.717) is 11.3 Å². The van der Waals surface area contributed by atoms with Crippen LogP contribution in [0.5, 0.6) is 0 Å². The summed E-state index contributed by atoms with van der Waals surface area (Å²) in [6.45, 7) is 7.23. The van der Waals surface area contributed by atoms with E-state index in [1.807, 2.05) is 13.0 Å². The molecular weight excluding hydrogens is 347 g/mol. The van der Waals surface area contributed by atoms with Gasteiger partial charge >= 0.3 is 0 Å². The van der Waals surface area contributed by atoms with Gasteiger partial charge in [-0.15, -0.1) is 0 Å². The Labute approximate surface area is 157 Å². The molecular formula is C19H25FN6O. The summed E-state index contributed by atoms with van der Waals surface area (Å²) in [6, 6.07) is 6.55. The molecule has 4 N–H and O–H groups in total. The van der Waals surface area contributed by atoms with Crippen LogP contribution >= 0.6 is 0 Å². The van der Waals surface area contributed by atoms with Crippen molar-refractivity contribution in [3.05, 3.63) is 47.5 Å². The minimum Gasteiger partial charge on any atom is -0.377 e. The molecule has 0 saturated heterocycles. The van der Waals surface area contributed by atoms with E-state index in [1.165, 1.54) is 11.0 Å². The molecule has 8 heteroatoms. The highest BCUT2D eigenvalue weighted by atomic mass is 19.1. The van der Waals surface area contributed by atoms with Gasteiger partial charge in [-0.3, -0.25) is 14.8 Å². The molecule has 1 amide bonds. The number of aliphatic imine (C=N–C) groups is 1. The topological polar surface area (TPSA) is 99.4 Å². The van der Waals surface area contributed by atoms with Crippen molar-refractivity contribution in [3.8, 4) is 0 Å². The molecule has 0 saturated carbocycles. The second-order valence-electron chi connectivity index (χ2n) is 7.60. The van der Waals surface area contributed by atoms with Gasteiger partial charge in [-0.2, -0.15) is 5.10 Å². The highest BCUT2D eigenvalue weighted by Gasteiger charge is 2.53. The first-order chi connectivity index (χ1) is 12.6. The summed E-state index contributed by atoms with van der Waals surface area (Å²) in [6.07, 6.45) is 1.68. The van der Waals surface area contributed by atoms with Gasteiger partial charge < -0.3 is 11.1 Å². The lowest BCUT2D eigenvalue weighted by molar-refractivity contribution is -0.140. The third kappa shape index (κ3) is 2.94. The molecule has 1 aliphatic rings. The van der Waals surface area contributed by atoms with Crippen molar-refractivity contribution in [1.82, 2.24) is 15.1 Å². The number of nitrogens with one attached hydrogen (secondary N) is 2. The lowest BCUT2D eigenvalue weighted by Gasteiger charge is -2.46. The first-order valence-electron chi connectivity index (χ1n) is 8.77. The first-order valence-corrected chi connectivity index (χ1v) is 8.77. The normalized spacial score (nSPS) is 23.1. The summed E-state index contributed by atoms with van der Waals surface area (Å²) in [4.78, 5) is 18.6. The van der Waals surface area contributed by atoms with Crippen LogP contribution in [-0.4, -0.2) is 34.0 Å². The van der Waals surface area contributed by atoms with E-state index in [2.05, 4.69) is 20.5 Å². The highest BCUT2D eigenvalue weighted by Crippen LogP contribution is 2.47. The van der Waals surface area contributed by atoms with Gasteiger partial charge in [-0.05, 0) is 52.0 Å². The number of aromatic nitrogens is 2. The predicted molar refractivity (Wildman–Crippen MR) is 103 cm³/mol. The molecule has 0 radical (unpaired) electrons. The second-order valence-corrected chi connectivity index (χ2v) is 7.60. The van der Waals surface area contributed by atoms with E-state index in [9.17, 15) is 9.18 Å². The summed E-state index contributed by atoms with van der Waals surface area (Å²) in [5.74, 6) is -0.564. The second kappa shape index (κ2) is 6.37. The van der Waals surface area contributed by atoms with Crippen LogP contribution in [0.3, 0.4) is 0 Å². The molecule has 0 bridgehead atoms. The molecule has 0 aliphatic carbocycles. The summed E-state index contributed by atoms with van der Waals surface area (Å²) >= 11 is 0. The van der Waals surface area contributed by atoms with Crippen LogP contribution in [0.4, 0.5) is 10.1 Å². The number of carbonyl (C=O) groups is 1. The van der Waals surface area contributed by atoms with Crippen LogP contribution in [0.1, 0.15) is 45.0 Å². The van der Waals surface area contributed by atoms with E-state index in [0.717, 1.165) is 5.69 Å². The number of nitrogens with two attached hydrogens (primary N) is 1. The summed E-state index contributed by atoms with van der Waals surface area (Å²) in [5.41, 5.74) is 5.77. The van der Waals surface area contributed by atoms with E-state index < -0.39 is 16.8 Å². The molecule has 0 spiro atoms. The quantitative estimate of drug-likeness (QED) is 0.768. The number of aromatic amines is 1. The number of anilines is 1. The average molecular weight is 372 g/mol. The van der Waals surface area contributed by atoms with E-state index in [-0.39, 0.29) is 17.9 Å². The Morgan fingerprint density at radius 3 is 2.63 bits per heavy atom. The van der Waals surface area contributed by atoms with E-state index >= 15 is 0 Å². The van der Waals surface area contributed by atoms with Gasteiger partial charge in [-0.1, -0.05) is 0 Å². The van der Waals surface area contributed by atoms with Gasteiger partial charge in [0.25, 0.3) is 0 Å². The number of nitrogens with zero attached hydrogens (tertiary/aromatic N) is 3. The minimum absolute atomic E-state index is 0.0562. The third-order valence-corrected chi connectivity index (χ3v) is 5.60. The van der Waals surface area contributed by atoms with Crippen LogP contribution in [0.15, 0.2) is 35.5 Å². The minimum atomic E-state index is -1.14. The lowest BCUT2D eigenvalue weighted by Crippen LogP contribution is -2.58. The van der Waals surface area contributed by atoms with Crippen molar-refractivity contribution in [3.63, 3.8) is 0 Å². The molecule has 1 unspecified atom stereocenters. The third-order valence-electron chi connectivity index (χ3n) is 5.60. The monoisotopic (exact) mass is 372 g/mol. The maximum Gasteiger partial charge on any atom is 0.237 e. The largest absolute Gasteiger partial charge is 0.377 e. The van der Waals surface area contributed by atoms with Gasteiger partial charge in [0, 0.05) is 24.5 Å². The zero-order chi connectivity index (χ0) is 20.0. The van der Waals surface area contributed by atoms with Crippen molar-refractivity contribution < 1.29 is 9.18 Å². The molecule has 0 fully saturated rings. The molecule has 2 aromatic rings. The zero-order valence-electron chi connectivity index (χ0n) is 16.2. The van der Waals surface area contributed by atoms with E-state index in [4.69, 9.17) is 5.73 Å². The maximum absolute atomic E-state index is 14.8. The standard InChI is InChI=1S/C19H25FN6O/c1-11(15-8-9-22-25-15)23-12-6-7-14(20)13(10-12)19(4)18(2,3)16(27)26(5)17(21)24-19/h6-11,23H,1-5H3,(H2,21,24)(H,22,25)/t11?,19-/m1/s1. The van der Waals surface area contributed by atoms with Crippen LogP contribution in [0.2, 0.25) is 0 Å². The number of hydrogen-bond acceptors (Lipinski definition) is 5. The Morgan fingerprint density at radius 1 is 1.30 bits per heavy atom. The Kier molecular flexibility index (Phi) is 4.45. The Hall–Kier alpha value is -2.90. The van der Waals surface area contributed by atoms with Crippen molar-refractivity contribution >= 4 is 17.6 Å². The Balaban J connectivity index is 2.04. The molecule has 144 valence electrons. The molecule has 3 rings (SSSR count). The number of carbonyl (C=O) groups excluding carboxylic acids is 1. The maximum atomic E-state index is 14.8. The molecule has 1 aliphatic heterocycles. The molecule has 2 heterocycles. The smallest absolute Gasteiger partial charge is 0.237 e. The predicted octanol–water partition coefficient (Wildman–Crippen LogP) is 2.75. The highest BCUT2D eigenvalue weighted by molar-refractivity contribution is 6.01. The van der Waals surface area contributed by atoms with Crippen molar-refractivity contribution in [2.45, 2.75) is 39.3 Å². The summed E-state index contributed by atoms with van der Waals surface area (Å²) < 4.78 is 14.8. The molecule has 2 atom stereocenters. The number of amides is 1. The fourth-order valence-electron chi connectivity index (χ4n) is 3.40. The molecule has 27 heavy (non-hydrogen) atoms. The number of hydrogen-bond donors (Lipinski definition) is 3. The lowest BCUT2D eigenvalue weighted by atomic mass is 9.67. The summed E-state index contributed by atoms with van der Waals surface area (Å²) in [5, 5.41) is 10.2. The fourth-order valence-corrected chi connectivity index (χ4v) is 3.40. The number of halogens is 1. The zero-order valence-corrected chi connectivity index (χ0v) is 16.2. The van der Waals surface area contributed by atoms with Gasteiger partial charge in [0.15, 0.2) is 5.96 Å². The van der Waals surface area contributed by atoms with Gasteiger partial charge in [0.1, 0.15) is 11.4 Å². The fraction of sp³-hybridized carbons (Fsp3) is 0.421. The Morgan fingerprint density at radius 2 is 2.00 bits per heavy atom. The van der Waals surface area contributed by atoms with E-state index in [1.54, 1.807) is 46.1 Å². The van der Waals surface area contributed by atoms with Crippen LogP contribution < -0.4 is 11.1 Å². The number of guanidine groups is 1. The summed E-state index contributed by atoms with van der Waals surface area (Å²) in [7, 11) is 1.57. The number of rotatable bonds is 4. The Bertz CT molecular complexity index is 892. The van der Waals surface area contributed by atoms with Crippen LogP contribution in [-0.2, 0) is 10.3 Å². The number of benzene rings is 1. The molecule has 1 aromatic carbocycles. The van der Waals surface area contributed by atoms with Gasteiger partial charge in [0.05, 0.1) is 17.2 Å².